The summed E-state index contributed by atoms with van der Waals surface area (Å²) in [5, 5.41) is 3.42. The maximum atomic E-state index is 5.37. The maximum Gasteiger partial charge on any atom is 0.219 e. The minimum Gasteiger partial charge on any atom is -0.368 e. The highest BCUT2D eigenvalue weighted by Gasteiger charge is 2.31. The maximum absolute atomic E-state index is 5.37. The average Bonchev–Trinajstić information content (AvgIpc) is 2.81. The van der Waals surface area contributed by atoms with Crippen LogP contribution < -0.4 is 11.1 Å². The van der Waals surface area contributed by atoms with Gasteiger partial charge in [0.05, 0.1) is 0 Å². The summed E-state index contributed by atoms with van der Waals surface area (Å²) in [7, 11) is 0. The molecule has 70 valence electrons. The van der Waals surface area contributed by atoms with Crippen molar-refractivity contribution in [2.24, 2.45) is 5.92 Å². The third-order valence-corrected chi connectivity index (χ3v) is 2.40. The van der Waals surface area contributed by atoms with Crippen LogP contribution in [0.4, 0.5) is 5.95 Å². The van der Waals surface area contributed by atoms with Crippen LogP contribution >= 0.6 is 0 Å². The van der Waals surface area contributed by atoms with Crippen molar-refractivity contribution in [1.29, 1.82) is 0 Å². The molecule has 2 atom stereocenters. The molecule has 1 aromatic rings. The highest BCUT2D eigenvalue weighted by atomic mass is 15.0. The van der Waals surface area contributed by atoms with E-state index in [-0.39, 0.29) is 0 Å². The Bertz CT molecular complexity index is 282. The van der Waals surface area contributed by atoms with Crippen molar-refractivity contribution < 1.29 is 0 Å². The van der Waals surface area contributed by atoms with Crippen molar-refractivity contribution in [3.63, 3.8) is 0 Å². The molecule has 1 aliphatic carbocycles. The van der Waals surface area contributed by atoms with Crippen molar-refractivity contribution in [1.82, 2.24) is 15.3 Å². The van der Waals surface area contributed by atoms with Crippen molar-refractivity contribution in [2.45, 2.75) is 25.9 Å². The number of aromatic nitrogens is 2. The third-order valence-electron chi connectivity index (χ3n) is 2.40. The summed E-state index contributed by atoms with van der Waals surface area (Å²) < 4.78 is 0. The Morgan fingerprint density at radius 3 is 2.69 bits per heavy atom. The summed E-state index contributed by atoms with van der Waals surface area (Å²) in [6.45, 7) is 3.09. The van der Waals surface area contributed by atoms with Crippen LogP contribution in [0.25, 0.3) is 0 Å². The van der Waals surface area contributed by atoms with Crippen molar-refractivity contribution in [3.8, 4) is 0 Å². The van der Waals surface area contributed by atoms with Gasteiger partial charge in [-0.3, -0.25) is 0 Å². The van der Waals surface area contributed by atoms with E-state index in [1.54, 1.807) is 12.4 Å². The van der Waals surface area contributed by atoms with E-state index in [0.717, 1.165) is 18.0 Å². The van der Waals surface area contributed by atoms with Gasteiger partial charge in [0.1, 0.15) is 0 Å². The Hall–Kier alpha value is -1.16. The number of nitrogen functional groups attached to an aromatic ring is 1. The Morgan fingerprint density at radius 2 is 2.15 bits per heavy atom. The van der Waals surface area contributed by atoms with E-state index in [9.17, 15) is 0 Å². The number of rotatable bonds is 3. The zero-order valence-corrected chi connectivity index (χ0v) is 7.70. The van der Waals surface area contributed by atoms with E-state index in [1.807, 2.05) is 0 Å². The van der Waals surface area contributed by atoms with Gasteiger partial charge in [0.2, 0.25) is 5.95 Å². The molecule has 2 unspecified atom stereocenters. The van der Waals surface area contributed by atoms with Gasteiger partial charge in [0, 0.05) is 30.5 Å². The summed E-state index contributed by atoms with van der Waals surface area (Å²) in [6, 6.07) is 0.692. The van der Waals surface area contributed by atoms with Crippen LogP contribution in [0.1, 0.15) is 18.9 Å². The number of hydrogen-bond acceptors (Lipinski definition) is 4. The first-order valence-electron chi connectivity index (χ1n) is 4.55. The first kappa shape index (κ1) is 8.44. The van der Waals surface area contributed by atoms with E-state index in [1.165, 1.54) is 6.42 Å². The Balaban J connectivity index is 1.84. The molecule has 0 aliphatic heterocycles. The van der Waals surface area contributed by atoms with Gasteiger partial charge in [-0.1, -0.05) is 6.92 Å². The second-order valence-corrected chi connectivity index (χ2v) is 3.65. The minimum atomic E-state index is 0.337. The zero-order chi connectivity index (χ0) is 9.26. The first-order chi connectivity index (χ1) is 6.25. The molecule has 1 saturated carbocycles. The summed E-state index contributed by atoms with van der Waals surface area (Å²) >= 11 is 0. The fourth-order valence-corrected chi connectivity index (χ4v) is 1.31. The predicted molar refractivity (Wildman–Crippen MR) is 50.9 cm³/mol. The minimum absolute atomic E-state index is 0.337. The molecule has 1 heterocycles. The van der Waals surface area contributed by atoms with Gasteiger partial charge in [-0.05, 0) is 12.3 Å². The van der Waals surface area contributed by atoms with Crippen molar-refractivity contribution >= 4 is 5.95 Å². The largest absolute Gasteiger partial charge is 0.368 e. The summed E-state index contributed by atoms with van der Waals surface area (Å²) in [5.41, 5.74) is 6.47. The van der Waals surface area contributed by atoms with Crippen LogP contribution in [0.15, 0.2) is 12.4 Å². The monoisotopic (exact) mass is 178 g/mol. The molecule has 2 rings (SSSR count). The van der Waals surface area contributed by atoms with E-state index in [2.05, 4.69) is 22.2 Å². The number of nitrogens with one attached hydrogen (secondary N) is 1. The normalized spacial score (nSPS) is 25.9. The van der Waals surface area contributed by atoms with Gasteiger partial charge in [-0.2, -0.15) is 0 Å². The number of nitrogens with zero attached hydrogens (tertiary/aromatic N) is 2. The molecule has 4 heteroatoms. The van der Waals surface area contributed by atoms with Gasteiger partial charge in [-0.25, -0.2) is 9.97 Å². The molecule has 4 nitrogen and oxygen atoms in total. The topological polar surface area (TPSA) is 63.8 Å². The fourth-order valence-electron chi connectivity index (χ4n) is 1.31. The van der Waals surface area contributed by atoms with E-state index >= 15 is 0 Å². The standard InChI is InChI=1S/C9H14N4/c1-6-2-8(6)11-3-7-4-12-9(10)13-5-7/h4-6,8,11H,2-3H2,1H3,(H2,10,12,13). The lowest BCUT2D eigenvalue weighted by Crippen LogP contribution is -2.17. The van der Waals surface area contributed by atoms with Crippen LogP contribution in [0.5, 0.6) is 0 Å². The lowest BCUT2D eigenvalue weighted by molar-refractivity contribution is 0.649. The second kappa shape index (κ2) is 3.30. The number of anilines is 1. The summed E-state index contributed by atoms with van der Waals surface area (Å²) in [5.74, 6) is 1.17. The Kier molecular flexibility index (Phi) is 2.14. The highest BCUT2D eigenvalue weighted by Crippen LogP contribution is 2.29. The van der Waals surface area contributed by atoms with E-state index < -0.39 is 0 Å². The highest BCUT2D eigenvalue weighted by molar-refractivity contribution is 5.17. The molecule has 0 aromatic carbocycles. The molecule has 0 radical (unpaired) electrons. The zero-order valence-electron chi connectivity index (χ0n) is 7.70. The SMILES string of the molecule is CC1CC1NCc1cnc(N)nc1. The van der Waals surface area contributed by atoms with Gasteiger partial charge in [-0.15, -0.1) is 0 Å². The van der Waals surface area contributed by atoms with Crippen LogP contribution in [0.3, 0.4) is 0 Å². The molecule has 1 fully saturated rings. The van der Waals surface area contributed by atoms with Gasteiger partial charge in [0.25, 0.3) is 0 Å². The number of hydrogen-bond donors (Lipinski definition) is 2. The smallest absolute Gasteiger partial charge is 0.219 e. The average molecular weight is 178 g/mol. The Labute approximate surface area is 77.6 Å². The molecule has 0 bridgehead atoms. The van der Waals surface area contributed by atoms with E-state index in [0.29, 0.717) is 12.0 Å². The molecule has 1 aromatic heterocycles. The summed E-state index contributed by atoms with van der Waals surface area (Å²) in [6.07, 6.45) is 4.82. The third kappa shape index (κ3) is 2.15. The van der Waals surface area contributed by atoms with Gasteiger partial charge in [0.15, 0.2) is 0 Å². The van der Waals surface area contributed by atoms with Crippen molar-refractivity contribution in [2.75, 3.05) is 5.73 Å². The molecular weight excluding hydrogens is 164 g/mol. The van der Waals surface area contributed by atoms with E-state index in [4.69, 9.17) is 5.73 Å². The molecule has 1 aliphatic rings. The summed E-state index contributed by atoms with van der Waals surface area (Å²) in [4.78, 5) is 7.85. The molecule has 0 saturated heterocycles. The van der Waals surface area contributed by atoms with Crippen LogP contribution in [-0.2, 0) is 6.54 Å². The van der Waals surface area contributed by atoms with Crippen molar-refractivity contribution in [3.05, 3.63) is 18.0 Å². The molecule has 3 N–H and O–H groups in total. The second-order valence-electron chi connectivity index (χ2n) is 3.65. The van der Waals surface area contributed by atoms with Gasteiger partial charge < -0.3 is 11.1 Å². The lowest BCUT2D eigenvalue weighted by atomic mass is 10.3. The van der Waals surface area contributed by atoms with Crippen LogP contribution in [0, 0.1) is 5.92 Å². The molecule has 0 amide bonds. The molecule has 0 spiro atoms. The van der Waals surface area contributed by atoms with Crippen LogP contribution in [0.2, 0.25) is 0 Å². The van der Waals surface area contributed by atoms with Crippen LogP contribution in [-0.4, -0.2) is 16.0 Å². The molecule has 13 heavy (non-hydrogen) atoms. The number of nitrogens with two attached hydrogens (primary N) is 1. The van der Waals surface area contributed by atoms with Gasteiger partial charge >= 0.3 is 0 Å². The Morgan fingerprint density at radius 1 is 1.54 bits per heavy atom. The molecular formula is C9H14N4. The quantitative estimate of drug-likeness (QED) is 0.709. The first-order valence-corrected chi connectivity index (χ1v) is 4.55. The predicted octanol–water partition coefficient (Wildman–Crippen LogP) is 0.557. The lowest BCUT2D eigenvalue weighted by Gasteiger charge is -2.02. The fraction of sp³-hybridized carbons (Fsp3) is 0.556.